The first-order valence-electron chi connectivity index (χ1n) is 7.95. The molecule has 23 heavy (non-hydrogen) atoms. The fourth-order valence-electron chi connectivity index (χ4n) is 2.10. The van der Waals surface area contributed by atoms with Gasteiger partial charge in [0.15, 0.2) is 0 Å². The molecular weight excluding hydrogens is 330 g/mol. The molecule has 0 fully saturated rings. The fraction of sp³-hybridized carbons (Fsp3) is 0.562. The average molecular weight is 358 g/mol. The van der Waals surface area contributed by atoms with Gasteiger partial charge in [-0.05, 0) is 56.7 Å². The van der Waals surface area contributed by atoms with E-state index in [1.807, 2.05) is 33.5 Å². The Morgan fingerprint density at radius 1 is 1.04 bits per heavy atom. The summed E-state index contributed by atoms with van der Waals surface area (Å²) in [6, 6.07) is 6.00. The zero-order valence-corrected chi connectivity index (χ0v) is 16.4. The van der Waals surface area contributed by atoms with Gasteiger partial charge in [-0.1, -0.05) is 13.8 Å². The van der Waals surface area contributed by atoms with E-state index in [0.29, 0.717) is 18.7 Å². The van der Waals surface area contributed by atoms with E-state index < -0.39 is 24.3 Å². The van der Waals surface area contributed by atoms with Crippen molar-refractivity contribution >= 4 is 24.3 Å². The Bertz CT molecular complexity index is 614. The van der Waals surface area contributed by atoms with Crippen LogP contribution in [0, 0.1) is 0 Å². The van der Waals surface area contributed by atoms with E-state index in [0.717, 1.165) is 12.8 Å². The lowest BCUT2D eigenvalue weighted by Gasteiger charge is -2.21. The van der Waals surface area contributed by atoms with Crippen molar-refractivity contribution in [3.8, 4) is 0 Å². The Hall–Kier alpha value is -1.18. The van der Waals surface area contributed by atoms with Gasteiger partial charge in [0.1, 0.15) is 0 Å². The summed E-state index contributed by atoms with van der Waals surface area (Å²) >= 11 is 0. The molecule has 1 rings (SSSR count). The van der Waals surface area contributed by atoms with Crippen LogP contribution in [-0.4, -0.2) is 40.1 Å². The van der Waals surface area contributed by atoms with E-state index >= 15 is 0 Å². The summed E-state index contributed by atoms with van der Waals surface area (Å²) in [4.78, 5) is 12.2. The van der Waals surface area contributed by atoms with E-state index in [2.05, 4.69) is 0 Å². The van der Waals surface area contributed by atoms with Crippen molar-refractivity contribution in [3.05, 3.63) is 29.8 Å². The van der Waals surface area contributed by atoms with Crippen LogP contribution >= 0.6 is 0 Å². The van der Waals surface area contributed by atoms with Gasteiger partial charge < -0.3 is 4.43 Å². The Labute approximate surface area is 140 Å². The maximum Gasteiger partial charge on any atom is 0.324 e. The van der Waals surface area contributed by atoms with Crippen molar-refractivity contribution < 1.29 is 17.6 Å². The number of hydrogen-bond donors (Lipinski definition) is 0. The van der Waals surface area contributed by atoms with Crippen LogP contribution in [0.25, 0.3) is 0 Å². The summed E-state index contributed by atoms with van der Waals surface area (Å²) in [6.45, 7) is 10.7. The molecule has 0 aliphatic carbocycles. The van der Waals surface area contributed by atoms with Crippen molar-refractivity contribution in [1.82, 2.24) is 4.31 Å². The maximum atomic E-state index is 12.6. The number of carbonyl (C=O) groups excluding carboxylic acids is 1. The monoisotopic (exact) mass is 357 g/mol. The minimum Gasteiger partial charge on any atom is -0.516 e. The predicted molar refractivity (Wildman–Crippen MR) is 94.5 cm³/mol. The van der Waals surface area contributed by atoms with Crippen LogP contribution in [0.2, 0.25) is 19.6 Å². The number of carbonyl (C=O) groups is 1. The summed E-state index contributed by atoms with van der Waals surface area (Å²) < 4.78 is 32.2. The molecule has 0 heterocycles. The molecule has 0 saturated carbocycles. The van der Waals surface area contributed by atoms with Crippen LogP contribution in [0.15, 0.2) is 29.2 Å². The Morgan fingerprint density at radius 3 is 1.91 bits per heavy atom. The molecule has 1 aromatic carbocycles. The molecule has 0 aromatic heterocycles. The topological polar surface area (TPSA) is 63.7 Å². The van der Waals surface area contributed by atoms with E-state index in [-0.39, 0.29) is 4.90 Å². The quantitative estimate of drug-likeness (QED) is 0.668. The van der Waals surface area contributed by atoms with Crippen molar-refractivity contribution in [3.63, 3.8) is 0 Å². The van der Waals surface area contributed by atoms with Crippen molar-refractivity contribution in [1.29, 1.82) is 0 Å². The summed E-state index contributed by atoms with van der Waals surface area (Å²) in [5.41, 5.74) is 0.379. The second-order valence-electron chi connectivity index (χ2n) is 6.43. The summed E-state index contributed by atoms with van der Waals surface area (Å²) in [5.74, 6) is -0.396. The van der Waals surface area contributed by atoms with Crippen molar-refractivity contribution in [2.24, 2.45) is 0 Å². The summed E-state index contributed by atoms with van der Waals surface area (Å²) in [5, 5.41) is 0. The minimum atomic E-state index is -3.51. The largest absolute Gasteiger partial charge is 0.516 e. The Morgan fingerprint density at radius 2 is 1.52 bits per heavy atom. The van der Waals surface area contributed by atoms with E-state index in [4.69, 9.17) is 4.43 Å². The molecule has 0 atom stereocenters. The molecule has 0 bridgehead atoms. The van der Waals surface area contributed by atoms with Crippen molar-refractivity contribution in [2.45, 2.75) is 51.2 Å². The lowest BCUT2D eigenvalue weighted by molar-refractivity contribution is 0.0724. The van der Waals surface area contributed by atoms with Crippen LogP contribution in [0.1, 0.15) is 37.0 Å². The molecule has 0 unspecified atom stereocenters. The smallest absolute Gasteiger partial charge is 0.324 e. The molecular formula is C16H27NO4SSi. The van der Waals surface area contributed by atoms with Gasteiger partial charge in [0, 0.05) is 13.1 Å². The average Bonchev–Trinajstić information content (AvgIpc) is 2.45. The van der Waals surface area contributed by atoms with Gasteiger partial charge >= 0.3 is 5.97 Å². The molecule has 7 heteroatoms. The summed E-state index contributed by atoms with van der Waals surface area (Å²) in [6.07, 6.45) is 1.53. The first-order chi connectivity index (χ1) is 10.6. The third-order valence-corrected chi connectivity index (χ3v) is 5.78. The molecule has 5 nitrogen and oxygen atoms in total. The second-order valence-corrected chi connectivity index (χ2v) is 12.8. The fourth-order valence-corrected chi connectivity index (χ4v) is 4.40. The molecule has 1 aromatic rings. The normalized spacial score (nSPS) is 12.4. The minimum absolute atomic E-state index is 0.212. The SMILES string of the molecule is CCCN(CCC)S(=O)(=O)c1ccc(C(=O)O[Si](C)(C)C)cc1. The van der Waals surface area contributed by atoms with Gasteiger partial charge in [-0.3, -0.25) is 0 Å². The molecule has 0 radical (unpaired) electrons. The zero-order valence-electron chi connectivity index (χ0n) is 14.6. The Kier molecular flexibility index (Phi) is 6.97. The van der Waals surface area contributed by atoms with Gasteiger partial charge in [-0.2, -0.15) is 4.31 Å². The molecule has 130 valence electrons. The van der Waals surface area contributed by atoms with Gasteiger partial charge in [-0.25, -0.2) is 13.2 Å². The molecule has 0 aliphatic heterocycles. The molecule has 0 N–H and O–H groups in total. The molecule has 0 saturated heterocycles. The number of benzene rings is 1. The van der Waals surface area contributed by atoms with E-state index in [1.165, 1.54) is 28.6 Å². The van der Waals surface area contributed by atoms with Gasteiger partial charge in [0.2, 0.25) is 18.3 Å². The first kappa shape index (κ1) is 19.9. The second kappa shape index (κ2) is 8.08. The number of sulfonamides is 1. The van der Waals surface area contributed by atoms with Crippen LogP contribution in [0.5, 0.6) is 0 Å². The lowest BCUT2D eigenvalue weighted by Crippen LogP contribution is -2.32. The number of rotatable bonds is 8. The van der Waals surface area contributed by atoms with Crippen LogP contribution in [0.4, 0.5) is 0 Å². The zero-order chi connectivity index (χ0) is 17.7. The first-order valence-corrected chi connectivity index (χ1v) is 12.8. The number of nitrogens with zero attached hydrogens (tertiary/aromatic N) is 1. The van der Waals surface area contributed by atoms with Crippen LogP contribution < -0.4 is 0 Å². The van der Waals surface area contributed by atoms with Gasteiger partial charge in [-0.15, -0.1) is 0 Å². The van der Waals surface area contributed by atoms with Crippen LogP contribution in [-0.2, 0) is 14.4 Å². The van der Waals surface area contributed by atoms with E-state index in [1.54, 1.807) is 0 Å². The van der Waals surface area contributed by atoms with Crippen LogP contribution in [0.3, 0.4) is 0 Å². The third-order valence-electron chi connectivity index (χ3n) is 3.07. The molecule has 0 spiro atoms. The highest BCUT2D eigenvalue weighted by molar-refractivity contribution is 7.89. The predicted octanol–water partition coefficient (Wildman–Crippen LogP) is 3.49. The lowest BCUT2D eigenvalue weighted by atomic mass is 10.2. The van der Waals surface area contributed by atoms with Gasteiger partial charge in [0.25, 0.3) is 0 Å². The molecule has 0 aliphatic rings. The standard InChI is InChI=1S/C16H27NO4SSi/c1-6-12-17(13-7-2)22(19,20)15-10-8-14(9-11-15)16(18)21-23(3,4)5/h8-11H,6-7,12-13H2,1-5H3. The Balaban J connectivity index is 3.00. The van der Waals surface area contributed by atoms with E-state index in [9.17, 15) is 13.2 Å². The third kappa shape index (κ3) is 5.75. The highest BCUT2D eigenvalue weighted by Crippen LogP contribution is 2.18. The van der Waals surface area contributed by atoms with Crippen molar-refractivity contribution in [2.75, 3.05) is 13.1 Å². The maximum absolute atomic E-state index is 12.6. The molecule has 0 amide bonds. The summed E-state index contributed by atoms with van der Waals surface area (Å²) in [7, 11) is -5.48. The number of hydrogen-bond acceptors (Lipinski definition) is 4. The highest BCUT2D eigenvalue weighted by Gasteiger charge is 2.24. The highest BCUT2D eigenvalue weighted by atomic mass is 32.2. The van der Waals surface area contributed by atoms with Gasteiger partial charge in [0.05, 0.1) is 10.5 Å².